The van der Waals surface area contributed by atoms with Crippen LogP contribution in [0.2, 0.25) is 0 Å². The largest absolute Gasteiger partial charge is 0.481 e. The maximum absolute atomic E-state index is 13.4. The lowest BCUT2D eigenvalue weighted by Gasteiger charge is -2.16. The molecule has 1 saturated heterocycles. The zero-order valence-corrected chi connectivity index (χ0v) is 14.4. The third-order valence-corrected chi connectivity index (χ3v) is 4.00. The van der Waals surface area contributed by atoms with Gasteiger partial charge in [0, 0.05) is 24.2 Å². The number of hydrogen-bond acceptors (Lipinski definition) is 4. The Morgan fingerprint density at radius 2 is 1.93 bits per heavy atom. The lowest BCUT2D eigenvalue weighted by atomic mass is 10.2. The van der Waals surface area contributed by atoms with Gasteiger partial charge in [0.2, 0.25) is 5.91 Å². The number of amides is 3. The summed E-state index contributed by atoms with van der Waals surface area (Å²) in [4.78, 5) is 37.4. The topological polar surface area (TPSA) is 87.7 Å². The van der Waals surface area contributed by atoms with Gasteiger partial charge in [-0.05, 0) is 36.8 Å². The fourth-order valence-corrected chi connectivity index (χ4v) is 2.68. The molecule has 2 aromatic rings. The van der Waals surface area contributed by atoms with Crippen molar-refractivity contribution in [2.24, 2.45) is 0 Å². The second-order valence-corrected chi connectivity index (χ2v) is 5.92. The SMILES string of the molecule is O=C(COc1ccccc1F)NNC(=O)c1cccc(N2CCCC2=O)c1. The molecule has 3 rings (SSSR count). The lowest BCUT2D eigenvalue weighted by molar-refractivity contribution is -0.124. The van der Waals surface area contributed by atoms with Crippen LogP contribution < -0.4 is 20.5 Å². The number of benzene rings is 2. The van der Waals surface area contributed by atoms with E-state index in [1.54, 1.807) is 35.2 Å². The first kappa shape index (κ1) is 18.4. The molecule has 7 nitrogen and oxygen atoms in total. The summed E-state index contributed by atoms with van der Waals surface area (Å²) < 4.78 is 18.5. The van der Waals surface area contributed by atoms with Gasteiger partial charge in [0.1, 0.15) is 0 Å². The van der Waals surface area contributed by atoms with Crippen LogP contribution in [0.3, 0.4) is 0 Å². The van der Waals surface area contributed by atoms with E-state index in [-0.39, 0.29) is 11.7 Å². The second-order valence-electron chi connectivity index (χ2n) is 5.92. The van der Waals surface area contributed by atoms with Crippen LogP contribution in [0.25, 0.3) is 0 Å². The fraction of sp³-hybridized carbons (Fsp3) is 0.211. The Bertz CT molecular complexity index is 872. The molecule has 27 heavy (non-hydrogen) atoms. The number of rotatable bonds is 5. The van der Waals surface area contributed by atoms with Crippen LogP contribution in [0.1, 0.15) is 23.2 Å². The van der Waals surface area contributed by atoms with Gasteiger partial charge in [-0.2, -0.15) is 0 Å². The Morgan fingerprint density at radius 3 is 2.67 bits per heavy atom. The van der Waals surface area contributed by atoms with E-state index in [9.17, 15) is 18.8 Å². The monoisotopic (exact) mass is 371 g/mol. The van der Waals surface area contributed by atoms with Gasteiger partial charge in [-0.3, -0.25) is 25.2 Å². The summed E-state index contributed by atoms with van der Waals surface area (Å²) in [6.45, 7) is 0.164. The molecule has 0 unspecified atom stereocenters. The van der Waals surface area contributed by atoms with Crippen molar-refractivity contribution in [1.82, 2.24) is 10.9 Å². The molecular weight excluding hydrogens is 353 g/mol. The molecule has 8 heteroatoms. The van der Waals surface area contributed by atoms with Gasteiger partial charge >= 0.3 is 0 Å². The zero-order valence-electron chi connectivity index (χ0n) is 14.4. The minimum absolute atomic E-state index is 0.0196. The molecule has 0 aromatic heterocycles. The molecule has 140 valence electrons. The van der Waals surface area contributed by atoms with Crippen molar-refractivity contribution < 1.29 is 23.5 Å². The van der Waals surface area contributed by atoms with Crippen LogP contribution in [0, 0.1) is 5.82 Å². The Kier molecular flexibility index (Phi) is 5.65. The minimum Gasteiger partial charge on any atom is -0.481 e. The van der Waals surface area contributed by atoms with Gasteiger partial charge < -0.3 is 9.64 Å². The third kappa shape index (κ3) is 4.60. The molecule has 0 atom stereocenters. The quantitative estimate of drug-likeness (QED) is 0.785. The van der Waals surface area contributed by atoms with Crippen LogP contribution in [-0.4, -0.2) is 30.9 Å². The average molecular weight is 371 g/mol. The Morgan fingerprint density at radius 1 is 1.11 bits per heavy atom. The van der Waals surface area contributed by atoms with Gasteiger partial charge in [-0.1, -0.05) is 18.2 Å². The van der Waals surface area contributed by atoms with Crippen LogP contribution in [0.4, 0.5) is 10.1 Å². The number of hydrogen-bond donors (Lipinski definition) is 2. The summed E-state index contributed by atoms with van der Waals surface area (Å²) >= 11 is 0. The van der Waals surface area contributed by atoms with Gasteiger partial charge in [0.15, 0.2) is 18.2 Å². The highest BCUT2D eigenvalue weighted by molar-refractivity contribution is 5.99. The minimum atomic E-state index is -0.641. The maximum atomic E-state index is 13.4. The van der Waals surface area contributed by atoms with Gasteiger partial charge in [-0.25, -0.2) is 4.39 Å². The summed E-state index contributed by atoms with van der Waals surface area (Å²) in [5, 5.41) is 0. The smallest absolute Gasteiger partial charge is 0.276 e. The van der Waals surface area contributed by atoms with Crippen molar-refractivity contribution in [1.29, 1.82) is 0 Å². The fourth-order valence-electron chi connectivity index (χ4n) is 2.68. The molecule has 0 saturated carbocycles. The highest BCUT2D eigenvalue weighted by Crippen LogP contribution is 2.22. The maximum Gasteiger partial charge on any atom is 0.276 e. The first-order valence-electron chi connectivity index (χ1n) is 8.41. The summed E-state index contributed by atoms with van der Waals surface area (Å²) in [5.74, 6) is -1.80. The van der Waals surface area contributed by atoms with Crippen molar-refractivity contribution in [3.8, 4) is 5.75 Å². The summed E-state index contributed by atoms with van der Waals surface area (Å²) in [7, 11) is 0. The number of nitrogens with one attached hydrogen (secondary N) is 2. The van der Waals surface area contributed by atoms with Gasteiger partial charge in [0.25, 0.3) is 11.8 Å². The van der Waals surface area contributed by atoms with Crippen molar-refractivity contribution in [3.05, 3.63) is 59.9 Å². The molecule has 0 bridgehead atoms. The predicted molar refractivity (Wildman–Crippen MR) is 95.5 cm³/mol. The van der Waals surface area contributed by atoms with Crippen molar-refractivity contribution >= 4 is 23.4 Å². The number of halogens is 1. The van der Waals surface area contributed by atoms with Crippen molar-refractivity contribution in [2.45, 2.75) is 12.8 Å². The van der Waals surface area contributed by atoms with Gasteiger partial charge in [0.05, 0.1) is 0 Å². The number of carbonyl (C=O) groups excluding carboxylic acids is 3. The van der Waals surface area contributed by atoms with Crippen molar-refractivity contribution in [2.75, 3.05) is 18.1 Å². The summed E-state index contributed by atoms with van der Waals surface area (Å²) in [6.07, 6.45) is 1.28. The molecule has 1 fully saturated rings. The first-order chi connectivity index (χ1) is 13.0. The van der Waals surface area contributed by atoms with E-state index in [0.717, 1.165) is 6.42 Å². The van der Waals surface area contributed by atoms with Crippen LogP contribution in [-0.2, 0) is 9.59 Å². The highest BCUT2D eigenvalue weighted by Gasteiger charge is 2.22. The van der Waals surface area contributed by atoms with Crippen LogP contribution in [0.5, 0.6) is 5.75 Å². The predicted octanol–water partition coefficient (Wildman–Crippen LogP) is 1.79. The molecule has 0 aliphatic carbocycles. The number of nitrogens with zero attached hydrogens (tertiary/aromatic N) is 1. The standard InChI is InChI=1S/C19H18FN3O4/c20-15-7-1-2-8-16(15)27-12-17(24)21-22-19(26)13-5-3-6-14(11-13)23-10-4-9-18(23)25/h1-3,5-8,11H,4,9-10,12H2,(H,21,24)(H,22,26). The van der Waals surface area contributed by atoms with Gasteiger partial charge in [-0.15, -0.1) is 0 Å². The molecule has 1 heterocycles. The number of para-hydroxylation sites is 1. The molecule has 1 aliphatic rings. The normalized spacial score (nSPS) is 13.4. The van der Waals surface area contributed by atoms with Crippen LogP contribution >= 0.6 is 0 Å². The Labute approximate surface area is 155 Å². The lowest BCUT2D eigenvalue weighted by Crippen LogP contribution is -2.43. The molecule has 3 amide bonds. The molecular formula is C19H18FN3O4. The first-order valence-corrected chi connectivity index (χ1v) is 8.41. The number of hydrazine groups is 1. The van der Waals surface area contributed by atoms with E-state index < -0.39 is 24.2 Å². The molecule has 0 radical (unpaired) electrons. The third-order valence-electron chi connectivity index (χ3n) is 4.00. The second kappa shape index (κ2) is 8.31. The van der Waals surface area contributed by atoms with E-state index in [4.69, 9.17) is 4.74 Å². The van der Waals surface area contributed by atoms with E-state index in [2.05, 4.69) is 10.9 Å². The summed E-state index contributed by atoms with van der Waals surface area (Å²) in [6, 6.07) is 12.3. The van der Waals surface area contributed by atoms with E-state index in [0.29, 0.717) is 24.2 Å². The molecule has 2 N–H and O–H groups in total. The Hall–Kier alpha value is -3.42. The van der Waals surface area contributed by atoms with E-state index in [1.807, 2.05) is 0 Å². The Balaban J connectivity index is 1.52. The molecule has 0 spiro atoms. The summed E-state index contributed by atoms with van der Waals surface area (Å²) in [5.41, 5.74) is 5.40. The van der Waals surface area contributed by atoms with Crippen LogP contribution in [0.15, 0.2) is 48.5 Å². The zero-order chi connectivity index (χ0) is 19.2. The number of carbonyl (C=O) groups is 3. The molecule has 1 aliphatic heterocycles. The van der Waals surface area contributed by atoms with E-state index >= 15 is 0 Å². The molecule has 2 aromatic carbocycles. The van der Waals surface area contributed by atoms with E-state index in [1.165, 1.54) is 18.2 Å². The number of ether oxygens (including phenoxy) is 1. The average Bonchev–Trinajstić information content (AvgIpc) is 3.11. The van der Waals surface area contributed by atoms with Crippen molar-refractivity contribution in [3.63, 3.8) is 0 Å². The number of anilines is 1. The highest BCUT2D eigenvalue weighted by atomic mass is 19.1.